The van der Waals surface area contributed by atoms with Crippen LogP contribution in [0.1, 0.15) is 18.5 Å². The Bertz CT molecular complexity index is 495. The maximum atomic E-state index is 6.03. The van der Waals surface area contributed by atoms with Crippen molar-refractivity contribution in [3.8, 4) is 0 Å². The first kappa shape index (κ1) is 17.8. The Balaban J connectivity index is 1.61. The van der Waals surface area contributed by atoms with E-state index in [1.165, 1.54) is 31.6 Å². The van der Waals surface area contributed by atoms with Crippen LogP contribution >= 0.6 is 0 Å². The Kier molecular flexibility index (Phi) is 6.22. The van der Waals surface area contributed by atoms with Crippen LogP contribution in [0.5, 0.6) is 0 Å². The van der Waals surface area contributed by atoms with Crippen molar-refractivity contribution in [3.63, 3.8) is 0 Å². The molecule has 0 aromatic carbocycles. The summed E-state index contributed by atoms with van der Waals surface area (Å²) in [7, 11) is 4.30. The summed E-state index contributed by atoms with van der Waals surface area (Å²) >= 11 is 0. The number of hydrogen-bond donors (Lipinski definition) is 0. The third kappa shape index (κ3) is 4.99. The fourth-order valence-electron chi connectivity index (χ4n) is 4.03. The van der Waals surface area contributed by atoms with Gasteiger partial charge in [0.25, 0.3) is 0 Å². The fraction of sp³-hybridized carbons (Fsp3) is 0.737. The molecule has 0 aliphatic carbocycles. The molecule has 2 aliphatic heterocycles. The number of aromatic nitrogens is 1. The Labute approximate surface area is 146 Å². The van der Waals surface area contributed by atoms with E-state index in [9.17, 15) is 0 Å². The summed E-state index contributed by atoms with van der Waals surface area (Å²) in [5.74, 6) is 0. The monoisotopic (exact) mass is 332 g/mol. The molecule has 2 fully saturated rings. The van der Waals surface area contributed by atoms with Crippen LogP contribution in [-0.2, 0) is 11.3 Å². The van der Waals surface area contributed by atoms with Crippen LogP contribution < -0.4 is 0 Å². The second-order valence-electron chi connectivity index (χ2n) is 7.77. The van der Waals surface area contributed by atoms with E-state index >= 15 is 0 Å². The average Bonchev–Trinajstić information content (AvgIpc) is 2.76. The number of nitrogens with zero attached hydrogens (tertiary/aromatic N) is 4. The van der Waals surface area contributed by atoms with Crippen LogP contribution in [-0.4, -0.2) is 86.3 Å². The molecule has 0 bridgehead atoms. The summed E-state index contributed by atoms with van der Waals surface area (Å²) in [6.07, 6.45) is 4.44. The van der Waals surface area contributed by atoms with Crippen LogP contribution in [0.4, 0.5) is 0 Å². The lowest BCUT2D eigenvalue weighted by molar-refractivity contribution is 0.00238. The molecule has 1 atom stereocenters. The minimum absolute atomic E-state index is 0.288. The van der Waals surface area contributed by atoms with E-state index in [1.54, 1.807) is 0 Å². The van der Waals surface area contributed by atoms with Crippen LogP contribution in [0.15, 0.2) is 24.4 Å². The first-order valence-electron chi connectivity index (χ1n) is 9.22. The van der Waals surface area contributed by atoms with Gasteiger partial charge in [0.2, 0.25) is 0 Å². The lowest BCUT2D eigenvalue weighted by atomic mass is 9.80. The summed E-state index contributed by atoms with van der Waals surface area (Å²) in [6.45, 7) is 9.53. The van der Waals surface area contributed by atoms with Crippen LogP contribution in [0, 0.1) is 5.41 Å². The molecule has 1 aromatic rings. The smallest absolute Gasteiger partial charge is 0.0593 e. The largest absolute Gasteiger partial charge is 0.379 e. The molecule has 3 heterocycles. The van der Waals surface area contributed by atoms with Crippen molar-refractivity contribution in [1.82, 2.24) is 19.7 Å². The van der Waals surface area contributed by atoms with Gasteiger partial charge in [0, 0.05) is 50.9 Å². The molecular formula is C19H32N4O. The SMILES string of the molecule is CN(C)CCN1CCOCC2(CCCN(Cc3ccccn3)C2)C1. The fourth-order valence-corrected chi connectivity index (χ4v) is 4.03. The molecule has 5 heteroatoms. The molecule has 3 rings (SSSR count). The van der Waals surface area contributed by atoms with E-state index in [0.29, 0.717) is 0 Å². The van der Waals surface area contributed by atoms with Crippen molar-refractivity contribution in [2.24, 2.45) is 5.41 Å². The molecule has 0 radical (unpaired) electrons. The highest BCUT2D eigenvalue weighted by molar-refractivity contribution is 5.04. The summed E-state index contributed by atoms with van der Waals surface area (Å²) < 4.78 is 6.03. The summed E-state index contributed by atoms with van der Waals surface area (Å²) in [4.78, 5) is 12.0. The van der Waals surface area contributed by atoms with E-state index < -0.39 is 0 Å². The summed E-state index contributed by atoms with van der Waals surface area (Å²) in [6, 6.07) is 6.21. The maximum Gasteiger partial charge on any atom is 0.0593 e. The molecule has 1 aromatic heterocycles. The van der Waals surface area contributed by atoms with Crippen LogP contribution in [0.25, 0.3) is 0 Å². The van der Waals surface area contributed by atoms with Crippen molar-refractivity contribution in [3.05, 3.63) is 30.1 Å². The van der Waals surface area contributed by atoms with E-state index in [4.69, 9.17) is 4.74 Å². The maximum absolute atomic E-state index is 6.03. The highest BCUT2D eigenvalue weighted by Gasteiger charge is 2.38. The molecule has 24 heavy (non-hydrogen) atoms. The van der Waals surface area contributed by atoms with Gasteiger partial charge in [0.15, 0.2) is 0 Å². The zero-order chi connectivity index (χ0) is 16.8. The molecule has 0 amide bonds. The normalized spacial score (nSPS) is 26.8. The second-order valence-corrected chi connectivity index (χ2v) is 7.77. The minimum atomic E-state index is 0.288. The van der Waals surface area contributed by atoms with Crippen molar-refractivity contribution < 1.29 is 4.74 Å². The van der Waals surface area contributed by atoms with Crippen molar-refractivity contribution >= 4 is 0 Å². The van der Waals surface area contributed by atoms with Crippen molar-refractivity contribution in [2.75, 3.05) is 66.6 Å². The Hall–Kier alpha value is -1.01. The van der Waals surface area contributed by atoms with Gasteiger partial charge in [0.05, 0.1) is 18.9 Å². The lowest BCUT2D eigenvalue weighted by Gasteiger charge is -2.43. The Morgan fingerprint density at radius 2 is 2.08 bits per heavy atom. The van der Waals surface area contributed by atoms with Crippen LogP contribution in [0.2, 0.25) is 0 Å². The third-order valence-corrected chi connectivity index (χ3v) is 5.23. The Morgan fingerprint density at radius 3 is 2.88 bits per heavy atom. The quantitative estimate of drug-likeness (QED) is 0.817. The summed E-state index contributed by atoms with van der Waals surface area (Å²) in [5, 5.41) is 0. The average molecular weight is 332 g/mol. The van der Waals surface area contributed by atoms with Gasteiger partial charge >= 0.3 is 0 Å². The topological polar surface area (TPSA) is 31.8 Å². The Morgan fingerprint density at radius 1 is 1.21 bits per heavy atom. The molecule has 134 valence electrons. The van der Waals surface area contributed by atoms with Crippen molar-refractivity contribution in [1.29, 1.82) is 0 Å². The lowest BCUT2D eigenvalue weighted by Crippen LogP contribution is -2.50. The number of likely N-dealkylation sites (tertiary alicyclic amines) is 1. The molecule has 2 aliphatic rings. The highest BCUT2D eigenvalue weighted by Crippen LogP contribution is 2.33. The van der Waals surface area contributed by atoms with E-state index in [-0.39, 0.29) is 5.41 Å². The number of ether oxygens (including phenoxy) is 1. The zero-order valence-electron chi connectivity index (χ0n) is 15.3. The minimum Gasteiger partial charge on any atom is -0.379 e. The van der Waals surface area contributed by atoms with Gasteiger partial charge in [-0.05, 0) is 45.6 Å². The number of piperidine rings is 1. The predicted molar refractivity (Wildman–Crippen MR) is 97.0 cm³/mol. The van der Waals surface area contributed by atoms with Gasteiger partial charge in [0.1, 0.15) is 0 Å². The standard InChI is InChI=1S/C19H32N4O/c1-21(2)10-11-22-12-13-24-17-19(15-22)7-5-9-23(16-19)14-18-6-3-4-8-20-18/h3-4,6,8H,5,7,9-17H2,1-2H3. The van der Waals surface area contributed by atoms with Crippen LogP contribution in [0.3, 0.4) is 0 Å². The first-order valence-corrected chi connectivity index (χ1v) is 9.22. The van der Waals surface area contributed by atoms with E-state index in [1.807, 2.05) is 12.3 Å². The zero-order valence-corrected chi connectivity index (χ0v) is 15.3. The second kappa shape index (κ2) is 8.39. The predicted octanol–water partition coefficient (Wildman–Crippen LogP) is 1.56. The van der Waals surface area contributed by atoms with Gasteiger partial charge in [-0.25, -0.2) is 0 Å². The molecule has 1 unspecified atom stereocenters. The number of rotatable bonds is 5. The van der Waals surface area contributed by atoms with Gasteiger partial charge in [-0.1, -0.05) is 6.07 Å². The number of pyridine rings is 1. The highest BCUT2D eigenvalue weighted by atomic mass is 16.5. The third-order valence-electron chi connectivity index (χ3n) is 5.23. The first-order chi connectivity index (χ1) is 11.7. The number of hydrogen-bond acceptors (Lipinski definition) is 5. The van der Waals surface area contributed by atoms with Gasteiger partial charge < -0.3 is 9.64 Å². The summed E-state index contributed by atoms with van der Waals surface area (Å²) in [5.41, 5.74) is 1.46. The molecular weight excluding hydrogens is 300 g/mol. The van der Waals surface area contributed by atoms with Gasteiger partial charge in [-0.3, -0.25) is 14.8 Å². The molecule has 2 saturated heterocycles. The van der Waals surface area contributed by atoms with Gasteiger partial charge in [-0.2, -0.15) is 0 Å². The molecule has 0 saturated carbocycles. The molecule has 1 spiro atoms. The van der Waals surface area contributed by atoms with Gasteiger partial charge in [-0.15, -0.1) is 0 Å². The molecule has 0 N–H and O–H groups in total. The van der Waals surface area contributed by atoms with E-state index in [0.717, 1.165) is 45.9 Å². The molecule has 5 nitrogen and oxygen atoms in total. The number of likely N-dealkylation sites (N-methyl/N-ethyl adjacent to an activating group) is 1. The van der Waals surface area contributed by atoms with E-state index in [2.05, 4.69) is 45.9 Å². The van der Waals surface area contributed by atoms with Crippen molar-refractivity contribution in [2.45, 2.75) is 19.4 Å².